The van der Waals surface area contributed by atoms with Crippen molar-refractivity contribution in [1.82, 2.24) is 20.4 Å². The van der Waals surface area contributed by atoms with Crippen LogP contribution >= 0.6 is 0 Å². The Labute approximate surface area is 171 Å². The van der Waals surface area contributed by atoms with E-state index in [0.717, 1.165) is 22.3 Å². The summed E-state index contributed by atoms with van der Waals surface area (Å²) in [5, 5.41) is 17.3. The highest BCUT2D eigenvalue weighted by Crippen LogP contribution is 2.16. The van der Waals surface area contributed by atoms with Crippen molar-refractivity contribution in [1.29, 1.82) is 0 Å². The lowest BCUT2D eigenvalue weighted by Gasteiger charge is -2.03. The van der Waals surface area contributed by atoms with E-state index in [1.165, 1.54) is 30.5 Å². The topological polar surface area (TPSA) is 132 Å². The highest BCUT2D eigenvalue weighted by atomic mass is 32.2. The third kappa shape index (κ3) is 4.09. The van der Waals surface area contributed by atoms with Crippen LogP contribution in [0.15, 0.2) is 82.8 Å². The number of carbonyl (C=O) groups excluding carboxylic acids is 1. The van der Waals surface area contributed by atoms with Gasteiger partial charge in [-0.05, 0) is 54.1 Å². The van der Waals surface area contributed by atoms with Crippen LogP contribution in [0.3, 0.4) is 0 Å². The number of amides is 1. The fraction of sp³-hybridized carbons (Fsp3) is 0. The van der Waals surface area contributed by atoms with Crippen molar-refractivity contribution < 1.29 is 13.2 Å². The summed E-state index contributed by atoms with van der Waals surface area (Å²) >= 11 is 0. The van der Waals surface area contributed by atoms with Gasteiger partial charge in [0.25, 0.3) is 5.91 Å². The second-order valence-corrected chi connectivity index (χ2v) is 7.91. The molecule has 9 nitrogen and oxygen atoms in total. The number of nitrogens with two attached hydrogens (primary N) is 1. The van der Waals surface area contributed by atoms with Crippen molar-refractivity contribution in [3.05, 3.63) is 83.9 Å². The normalized spacial score (nSPS) is 11.8. The van der Waals surface area contributed by atoms with Crippen LogP contribution in [-0.4, -0.2) is 35.5 Å². The van der Waals surface area contributed by atoms with Crippen LogP contribution in [0.2, 0.25) is 0 Å². The van der Waals surface area contributed by atoms with E-state index in [9.17, 15) is 13.2 Å². The molecule has 0 spiro atoms. The molecule has 0 fully saturated rings. The first kappa shape index (κ1) is 19.4. The van der Waals surface area contributed by atoms with E-state index < -0.39 is 15.9 Å². The number of rotatable bonds is 5. The van der Waals surface area contributed by atoms with Gasteiger partial charge in [-0.1, -0.05) is 29.5 Å². The van der Waals surface area contributed by atoms with E-state index in [4.69, 9.17) is 5.14 Å². The summed E-state index contributed by atoms with van der Waals surface area (Å²) in [4.78, 5) is 12.0. The molecule has 1 heterocycles. The zero-order chi connectivity index (χ0) is 21.1. The summed E-state index contributed by atoms with van der Waals surface area (Å²) in [5.41, 5.74) is 5.98. The third-order valence-corrected chi connectivity index (χ3v) is 5.24. The van der Waals surface area contributed by atoms with Crippen LogP contribution in [0.4, 0.5) is 0 Å². The van der Waals surface area contributed by atoms with Gasteiger partial charge in [0.15, 0.2) is 0 Å². The highest BCUT2D eigenvalue weighted by Gasteiger charge is 2.10. The average Bonchev–Trinajstić information content (AvgIpc) is 3.18. The Hall–Kier alpha value is -3.89. The van der Waals surface area contributed by atoms with Crippen molar-refractivity contribution in [3.8, 4) is 5.69 Å². The molecular weight excluding hydrogens is 404 g/mol. The number of hydrazone groups is 1. The minimum atomic E-state index is -3.80. The molecule has 1 aromatic heterocycles. The average molecular weight is 420 g/mol. The van der Waals surface area contributed by atoms with Crippen LogP contribution in [0, 0.1) is 0 Å². The molecule has 0 radical (unpaired) electrons. The molecule has 0 aliphatic rings. The minimum absolute atomic E-state index is 0.0669. The van der Waals surface area contributed by atoms with Gasteiger partial charge >= 0.3 is 0 Å². The number of nitrogens with one attached hydrogen (secondary N) is 1. The van der Waals surface area contributed by atoms with Crippen LogP contribution < -0.4 is 10.6 Å². The maximum atomic E-state index is 12.1. The zero-order valence-corrected chi connectivity index (χ0v) is 16.3. The summed E-state index contributed by atoms with van der Waals surface area (Å²) in [5.74, 6) is -0.474. The van der Waals surface area contributed by atoms with Gasteiger partial charge in [0.1, 0.15) is 5.52 Å². The lowest BCUT2D eigenvalue weighted by molar-refractivity contribution is 0.0955. The van der Waals surface area contributed by atoms with Crippen LogP contribution in [0.25, 0.3) is 16.7 Å². The number of aromatic nitrogens is 3. The minimum Gasteiger partial charge on any atom is -0.267 e. The van der Waals surface area contributed by atoms with E-state index >= 15 is 0 Å². The summed E-state index contributed by atoms with van der Waals surface area (Å²) in [6.07, 6.45) is 1.50. The number of hydrogen-bond donors (Lipinski definition) is 2. The van der Waals surface area contributed by atoms with Gasteiger partial charge in [0.2, 0.25) is 10.0 Å². The predicted octanol–water partition coefficient (Wildman–Crippen LogP) is 1.83. The smallest absolute Gasteiger partial charge is 0.267 e. The molecule has 0 bridgehead atoms. The molecule has 10 heteroatoms. The van der Waals surface area contributed by atoms with E-state index in [-0.39, 0.29) is 10.5 Å². The van der Waals surface area contributed by atoms with E-state index in [1.54, 1.807) is 4.68 Å². The molecule has 30 heavy (non-hydrogen) atoms. The van der Waals surface area contributed by atoms with Crippen molar-refractivity contribution in [3.63, 3.8) is 0 Å². The Morgan fingerprint density at radius 1 is 1.00 bits per heavy atom. The quantitative estimate of drug-likeness (QED) is 0.375. The Kier molecular flexibility index (Phi) is 5.09. The fourth-order valence-corrected chi connectivity index (χ4v) is 3.30. The second-order valence-electron chi connectivity index (χ2n) is 6.35. The Bertz CT molecular complexity index is 1340. The lowest BCUT2D eigenvalue weighted by Crippen LogP contribution is -2.18. The molecule has 0 saturated carbocycles. The zero-order valence-electron chi connectivity index (χ0n) is 15.5. The SMILES string of the molecule is NS(=O)(=O)c1ccc(C(=O)N/N=C/c2ccc(-n3nnc4ccccc43)cc2)cc1. The molecule has 0 unspecified atom stereocenters. The fourth-order valence-electron chi connectivity index (χ4n) is 2.79. The molecule has 4 aromatic rings. The maximum absolute atomic E-state index is 12.1. The molecule has 0 atom stereocenters. The van der Waals surface area contributed by atoms with Gasteiger partial charge in [-0.3, -0.25) is 4.79 Å². The lowest BCUT2D eigenvalue weighted by atomic mass is 10.2. The van der Waals surface area contributed by atoms with Gasteiger partial charge in [-0.2, -0.15) is 5.10 Å². The third-order valence-electron chi connectivity index (χ3n) is 4.31. The Morgan fingerprint density at radius 3 is 2.40 bits per heavy atom. The first-order valence-electron chi connectivity index (χ1n) is 8.79. The number of primary sulfonamides is 1. The number of benzene rings is 3. The Balaban J connectivity index is 1.43. The number of fused-ring (bicyclic) bond motifs is 1. The van der Waals surface area contributed by atoms with E-state index in [0.29, 0.717) is 0 Å². The molecule has 1 amide bonds. The summed E-state index contributed by atoms with van der Waals surface area (Å²) in [6.45, 7) is 0. The van der Waals surface area contributed by atoms with Gasteiger partial charge < -0.3 is 0 Å². The molecule has 3 aromatic carbocycles. The summed E-state index contributed by atoms with van der Waals surface area (Å²) in [6, 6.07) is 20.3. The van der Waals surface area contributed by atoms with Crippen LogP contribution in [0.1, 0.15) is 15.9 Å². The van der Waals surface area contributed by atoms with Crippen molar-refractivity contribution in [2.24, 2.45) is 10.2 Å². The number of carbonyl (C=O) groups is 1. The number of para-hydroxylation sites is 1. The second kappa shape index (κ2) is 7.85. The van der Waals surface area contributed by atoms with Crippen LogP contribution in [-0.2, 0) is 10.0 Å². The van der Waals surface area contributed by atoms with Gasteiger partial charge in [0, 0.05) is 5.56 Å². The maximum Gasteiger partial charge on any atom is 0.271 e. The van der Waals surface area contributed by atoms with Crippen molar-refractivity contribution >= 4 is 33.2 Å². The standard InChI is InChI=1S/C20H16N6O3S/c21-30(28,29)17-11-7-15(8-12-17)20(27)24-22-13-14-5-9-16(10-6-14)26-19-4-2-1-3-18(19)23-25-26/h1-13H,(H,24,27)(H2,21,28,29)/b22-13+. The first-order chi connectivity index (χ1) is 14.4. The monoisotopic (exact) mass is 420 g/mol. The van der Waals surface area contributed by atoms with Crippen molar-refractivity contribution in [2.45, 2.75) is 4.90 Å². The van der Waals surface area contributed by atoms with E-state index in [1.807, 2.05) is 48.5 Å². The van der Waals surface area contributed by atoms with Crippen molar-refractivity contribution in [2.75, 3.05) is 0 Å². The summed E-state index contributed by atoms with van der Waals surface area (Å²) < 4.78 is 24.2. The molecule has 0 saturated heterocycles. The molecule has 0 aliphatic carbocycles. The van der Waals surface area contributed by atoms with Crippen LogP contribution in [0.5, 0.6) is 0 Å². The number of sulfonamides is 1. The molecule has 0 aliphatic heterocycles. The summed E-state index contributed by atoms with van der Waals surface area (Å²) in [7, 11) is -3.80. The highest BCUT2D eigenvalue weighted by molar-refractivity contribution is 7.89. The number of nitrogens with zero attached hydrogens (tertiary/aromatic N) is 4. The largest absolute Gasteiger partial charge is 0.271 e. The molecular formula is C20H16N6O3S. The van der Waals surface area contributed by atoms with Gasteiger partial charge in [0.05, 0.1) is 22.3 Å². The molecule has 150 valence electrons. The van der Waals surface area contributed by atoms with Gasteiger partial charge in [-0.15, -0.1) is 5.10 Å². The predicted molar refractivity (Wildman–Crippen MR) is 112 cm³/mol. The number of hydrogen-bond acceptors (Lipinski definition) is 6. The molecule has 4 rings (SSSR count). The molecule has 3 N–H and O–H groups in total. The Morgan fingerprint density at radius 2 is 1.70 bits per heavy atom. The first-order valence-corrected chi connectivity index (χ1v) is 10.3. The van der Waals surface area contributed by atoms with Gasteiger partial charge in [-0.25, -0.2) is 23.7 Å². The van der Waals surface area contributed by atoms with E-state index in [2.05, 4.69) is 20.8 Å².